The third kappa shape index (κ3) is 4.23. The Bertz CT molecular complexity index is 1120. The van der Waals surface area contributed by atoms with Gasteiger partial charge < -0.3 is 18.9 Å². The number of aromatic nitrogens is 3. The van der Waals surface area contributed by atoms with Gasteiger partial charge in [0.1, 0.15) is 5.82 Å². The summed E-state index contributed by atoms with van der Waals surface area (Å²) in [7, 11) is 4.98. The number of fused-ring (bicyclic) bond motifs is 1. The Labute approximate surface area is 184 Å². The highest BCUT2D eigenvalue weighted by atomic mass is 32.2. The molecular weight excluding hydrogens is 419 g/mol. The first-order valence-electron chi connectivity index (χ1n) is 9.80. The maximum absolute atomic E-state index is 14.1. The van der Waals surface area contributed by atoms with E-state index in [0.717, 1.165) is 17.5 Å². The first-order chi connectivity index (χ1) is 15.0. The van der Waals surface area contributed by atoms with E-state index in [9.17, 15) is 9.18 Å². The highest BCUT2D eigenvalue weighted by Crippen LogP contribution is 2.33. The Morgan fingerprint density at radius 3 is 2.55 bits per heavy atom. The topological polar surface area (TPSA) is 69.5 Å². The van der Waals surface area contributed by atoms with Gasteiger partial charge in [-0.15, -0.1) is 10.2 Å². The van der Waals surface area contributed by atoms with Crippen LogP contribution in [0.1, 0.15) is 11.1 Å². The van der Waals surface area contributed by atoms with Gasteiger partial charge in [-0.2, -0.15) is 0 Å². The van der Waals surface area contributed by atoms with Gasteiger partial charge in [-0.25, -0.2) is 4.39 Å². The molecule has 0 fully saturated rings. The quantitative estimate of drug-likeness (QED) is 0.546. The summed E-state index contributed by atoms with van der Waals surface area (Å²) in [6, 6.07) is 10.3. The second kappa shape index (κ2) is 8.97. The zero-order chi connectivity index (χ0) is 22.0. The summed E-state index contributed by atoms with van der Waals surface area (Å²) in [5.41, 5.74) is 2.60. The van der Waals surface area contributed by atoms with E-state index in [0.29, 0.717) is 41.1 Å². The first-order valence-corrected chi connectivity index (χ1v) is 10.8. The molecule has 0 radical (unpaired) electrons. The van der Waals surface area contributed by atoms with Gasteiger partial charge in [-0.1, -0.05) is 23.9 Å². The van der Waals surface area contributed by atoms with E-state index < -0.39 is 0 Å². The average Bonchev–Trinajstić information content (AvgIpc) is 3.16. The lowest BCUT2D eigenvalue weighted by molar-refractivity contribution is -0.129. The molecule has 9 heteroatoms. The molecular formula is C22H23FN4O3S. The lowest BCUT2D eigenvalue weighted by Crippen LogP contribution is -2.37. The van der Waals surface area contributed by atoms with Gasteiger partial charge in [0.05, 0.1) is 25.5 Å². The molecule has 7 nitrogen and oxygen atoms in total. The van der Waals surface area contributed by atoms with Crippen LogP contribution in [0.5, 0.6) is 11.5 Å². The minimum atomic E-state index is -0.357. The van der Waals surface area contributed by atoms with Crippen LogP contribution < -0.4 is 9.47 Å². The number of hydrogen-bond donors (Lipinski definition) is 0. The summed E-state index contributed by atoms with van der Waals surface area (Å²) in [5.74, 6) is 1.67. The molecule has 0 unspecified atom stereocenters. The molecule has 1 amide bonds. The van der Waals surface area contributed by atoms with E-state index in [2.05, 4.69) is 10.2 Å². The number of carbonyl (C=O) groups excluding carboxylic acids is 1. The molecule has 4 rings (SSSR count). The Morgan fingerprint density at radius 2 is 1.84 bits per heavy atom. The van der Waals surface area contributed by atoms with E-state index in [4.69, 9.17) is 9.47 Å². The summed E-state index contributed by atoms with van der Waals surface area (Å²) in [6.07, 6.45) is 0.757. The van der Waals surface area contributed by atoms with Crippen molar-refractivity contribution < 1.29 is 18.7 Å². The number of carbonyl (C=O) groups is 1. The van der Waals surface area contributed by atoms with E-state index in [-0.39, 0.29) is 17.5 Å². The molecule has 1 aromatic heterocycles. The van der Waals surface area contributed by atoms with Crippen molar-refractivity contribution >= 4 is 17.7 Å². The number of methoxy groups -OCH3 is 2. The molecule has 2 heterocycles. The van der Waals surface area contributed by atoms with Crippen molar-refractivity contribution in [3.63, 3.8) is 0 Å². The highest BCUT2D eigenvalue weighted by molar-refractivity contribution is 7.99. The molecule has 0 aliphatic carbocycles. The molecule has 31 heavy (non-hydrogen) atoms. The van der Waals surface area contributed by atoms with Gasteiger partial charge in [0, 0.05) is 20.1 Å². The number of amides is 1. The molecule has 0 spiro atoms. The van der Waals surface area contributed by atoms with Crippen molar-refractivity contribution in [2.75, 3.05) is 26.5 Å². The predicted octanol–water partition coefficient (Wildman–Crippen LogP) is 3.32. The molecule has 0 N–H and O–H groups in total. The second-order valence-corrected chi connectivity index (χ2v) is 8.12. The maximum Gasteiger partial charge on any atom is 0.233 e. The van der Waals surface area contributed by atoms with Gasteiger partial charge in [0.15, 0.2) is 22.5 Å². The van der Waals surface area contributed by atoms with Crippen LogP contribution >= 0.6 is 11.8 Å². The van der Waals surface area contributed by atoms with Crippen LogP contribution in [0.3, 0.4) is 0 Å². The molecule has 1 aliphatic rings. The van der Waals surface area contributed by atoms with E-state index in [1.807, 2.05) is 17.0 Å². The third-order valence-electron chi connectivity index (χ3n) is 5.35. The molecule has 162 valence electrons. The summed E-state index contributed by atoms with van der Waals surface area (Å²) >= 11 is 1.30. The average molecular weight is 443 g/mol. The molecule has 3 aromatic rings. The van der Waals surface area contributed by atoms with Crippen LogP contribution in [0.4, 0.5) is 4.39 Å². The fourth-order valence-electron chi connectivity index (χ4n) is 3.63. The van der Waals surface area contributed by atoms with Gasteiger partial charge in [-0.3, -0.25) is 4.79 Å². The Balaban J connectivity index is 1.43. The van der Waals surface area contributed by atoms with Crippen molar-refractivity contribution in [1.29, 1.82) is 0 Å². The third-order valence-corrected chi connectivity index (χ3v) is 6.35. The van der Waals surface area contributed by atoms with Crippen LogP contribution in [0, 0.1) is 5.82 Å². The van der Waals surface area contributed by atoms with E-state index in [1.165, 1.54) is 17.8 Å². The molecule has 1 aliphatic heterocycles. The monoisotopic (exact) mass is 442 g/mol. The molecule has 0 bridgehead atoms. The normalized spacial score (nSPS) is 13.1. The Morgan fingerprint density at radius 1 is 1.13 bits per heavy atom. The van der Waals surface area contributed by atoms with Crippen LogP contribution in [0.2, 0.25) is 0 Å². The zero-order valence-corrected chi connectivity index (χ0v) is 18.4. The fraction of sp³-hybridized carbons (Fsp3) is 0.318. The number of hydrogen-bond acceptors (Lipinski definition) is 6. The smallest absolute Gasteiger partial charge is 0.233 e. The van der Waals surface area contributed by atoms with Crippen LogP contribution in [0.25, 0.3) is 11.4 Å². The van der Waals surface area contributed by atoms with Crippen LogP contribution in [0.15, 0.2) is 41.6 Å². The summed E-state index contributed by atoms with van der Waals surface area (Å²) in [6.45, 7) is 1.16. The zero-order valence-electron chi connectivity index (χ0n) is 17.6. The van der Waals surface area contributed by atoms with E-state index in [1.54, 1.807) is 44.0 Å². The largest absolute Gasteiger partial charge is 0.493 e. The van der Waals surface area contributed by atoms with Gasteiger partial charge >= 0.3 is 0 Å². The summed E-state index contributed by atoms with van der Waals surface area (Å²) in [4.78, 5) is 14.7. The lowest BCUT2D eigenvalue weighted by atomic mass is 9.99. The van der Waals surface area contributed by atoms with Crippen molar-refractivity contribution in [2.45, 2.75) is 18.1 Å². The maximum atomic E-state index is 14.1. The Hall–Kier alpha value is -3.07. The van der Waals surface area contributed by atoms with Gasteiger partial charge in [0.25, 0.3) is 0 Å². The molecule has 0 atom stereocenters. The lowest BCUT2D eigenvalue weighted by Gasteiger charge is -2.29. The number of thioether (sulfide) groups is 1. The number of nitrogens with zero attached hydrogens (tertiary/aromatic N) is 4. The fourth-order valence-corrected chi connectivity index (χ4v) is 4.45. The number of benzene rings is 2. The van der Waals surface area contributed by atoms with Crippen LogP contribution in [-0.2, 0) is 24.8 Å². The van der Waals surface area contributed by atoms with Crippen molar-refractivity contribution in [3.8, 4) is 22.9 Å². The number of halogens is 1. The van der Waals surface area contributed by atoms with Crippen molar-refractivity contribution in [3.05, 3.63) is 53.3 Å². The Kier molecular flexibility index (Phi) is 6.13. The predicted molar refractivity (Wildman–Crippen MR) is 116 cm³/mol. The standard InChI is InChI=1S/C22H23FN4O3S/c1-26-21(16-6-4-5-7-17(16)23)24-25-22(26)31-13-20(28)27-9-8-14-10-18(29-2)19(30-3)11-15(14)12-27/h4-7,10-11H,8-9,12-13H2,1-3H3. The summed E-state index contributed by atoms with van der Waals surface area (Å²) < 4.78 is 26.5. The van der Waals surface area contributed by atoms with E-state index >= 15 is 0 Å². The first kappa shape index (κ1) is 21.2. The summed E-state index contributed by atoms with van der Waals surface area (Å²) in [5, 5.41) is 8.81. The molecule has 2 aromatic carbocycles. The minimum Gasteiger partial charge on any atom is -0.493 e. The molecule has 0 saturated carbocycles. The number of rotatable bonds is 6. The van der Waals surface area contributed by atoms with Gasteiger partial charge in [-0.05, 0) is 41.8 Å². The second-order valence-electron chi connectivity index (χ2n) is 7.17. The van der Waals surface area contributed by atoms with Crippen molar-refractivity contribution in [1.82, 2.24) is 19.7 Å². The van der Waals surface area contributed by atoms with Gasteiger partial charge in [0.2, 0.25) is 5.91 Å². The molecule has 0 saturated heterocycles. The SMILES string of the molecule is COc1cc2c(cc1OC)CN(C(=O)CSc1nnc(-c3ccccc3F)n1C)CC2. The number of ether oxygens (including phenoxy) is 2. The van der Waals surface area contributed by atoms with Crippen LogP contribution in [-0.4, -0.2) is 52.1 Å². The minimum absolute atomic E-state index is 0.0147. The van der Waals surface area contributed by atoms with Crippen molar-refractivity contribution in [2.24, 2.45) is 7.05 Å². The highest BCUT2D eigenvalue weighted by Gasteiger charge is 2.24.